The second kappa shape index (κ2) is 3.28. The molecule has 1 fully saturated rings. The summed E-state index contributed by atoms with van der Waals surface area (Å²) in [4.78, 5) is 0. The maximum Gasteiger partial charge on any atom is 0.0635 e. The zero-order valence-electron chi connectivity index (χ0n) is 8.28. The van der Waals surface area contributed by atoms with Crippen LogP contribution < -0.4 is 5.32 Å². The third-order valence-corrected chi connectivity index (χ3v) is 5.29. The van der Waals surface area contributed by atoms with Crippen molar-refractivity contribution < 1.29 is 0 Å². The van der Waals surface area contributed by atoms with Crippen molar-refractivity contribution in [2.24, 2.45) is 5.92 Å². The highest BCUT2D eigenvalue weighted by Crippen LogP contribution is 2.20. The van der Waals surface area contributed by atoms with Crippen LogP contribution in [0.2, 0.25) is 19.6 Å². The molecular weight excluding hydrogens is 150 g/mol. The lowest BCUT2D eigenvalue weighted by molar-refractivity contribution is 0.375. The molecule has 11 heavy (non-hydrogen) atoms. The molecular formula is C9H21NSi. The maximum absolute atomic E-state index is 3.67. The normalized spacial score (nSPS) is 33.8. The van der Waals surface area contributed by atoms with Crippen molar-refractivity contribution in [1.82, 2.24) is 5.32 Å². The lowest BCUT2D eigenvalue weighted by Gasteiger charge is -2.35. The van der Waals surface area contributed by atoms with Crippen LogP contribution in [0.1, 0.15) is 19.8 Å². The zero-order valence-corrected chi connectivity index (χ0v) is 9.28. The Morgan fingerprint density at radius 3 is 2.18 bits per heavy atom. The van der Waals surface area contributed by atoms with Crippen LogP contribution in [0.25, 0.3) is 0 Å². The van der Waals surface area contributed by atoms with E-state index in [0.717, 1.165) is 11.6 Å². The van der Waals surface area contributed by atoms with Crippen molar-refractivity contribution >= 4 is 8.07 Å². The molecule has 1 heterocycles. The summed E-state index contributed by atoms with van der Waals surface area (Å²) >= 11 is 0. The fraction of sp³-hybridized carbons (Fsp3) is 1.00. The van der Waals surface area contributed by atoms with Gasteiger partial charge in [0, 0.05) is 0 Å². The highest BCUT2D eigenvalue weighted by atomic mass is 28.3. The van der Waals surface area contributed by atoms with Crippen molar-refractivity contribution in [2.75, 3.05) is 6.54 Å². The van der Waals surface area contributed by atoms with E-state index in [1.54, 1.807) is 0 Å². The molecule has 1 rings (SSSR count). The Morgan fingerprint density at radius 1 is 1.18 bits per heavy atom. The summed E-state index contributed by atoms with van der Waals surface area (Å²) in [6, 6.07) is 0. The van der Waals surface area contributed by atoms with E-state index in [1.165, 1.54) is 19.4 Å². The van der Waals surface area contributed by atoms with Gasteiger partial charge in [-0.25, -0.2) is 0 Å². The van der Waals surface area contributed by atoms with Crippen LogP contribution in [0.3, 0.4) is 0 Å². The van der Waals surface area contributed by atoms with E-state index in [9.17, 15) is 0 Å². The van der Waals surface area contributed by atoms with Crippen molar-refractivity contribution in [3.63, 3.8) is 0 Å². The Hall–Kier alpha value is 0.177. The number of piperidine rings is 1. The molecule has 2 unspecified atom stereocenters. The first-order chi connectivity index (χ1) is 5.00. The third kappa shape index (κ3) is 2.60. The van der Waals surface area contributed by atoms with Crippen molar-refractivity contribution in [3.8, 4) is 0 Å². The first-order valence-corrected chi connectivity index (χ1v) is 8.31. The quantitative estimate of drug-likeness (QED) is 0.597. The molecule has 2 atom stereocenters. The predicted octanol–water partition coefficient (Wildman–Crippen LogP) is 2.25. The van der Waals surface area contributed by atoms with Gasteiger partial charge in [-0.2, -0.15) is 0 Å². The minimum absolute atomic E-state index is 0.874. The summed E-state index contributed by atoms with van der Waals surface area (Å²) in [5.74, 6) is 0.905. The molecule has 0 radical (unpaired) electrons. The lowest BCUT2D eigenvalue weighted by atomic mass is 10.0. The second-order valence-electron chi connectivity index (χ2n) is 5.01. The van der Waals surface area contributed by atoms with Crippen LogP contribution in [0.5, 0.6) is 0 Å². The highest BCUT2D eigenvalue weighted by molar-refractivity contribution is 6.77. The summed E-state index contributed by atoms with van der Waals surface area (Å²) in [6.45, 7) is 11.0. The van der Waals surface area contributed by atoms with Crippen LogP contribution in [0.15, 0.2) is 0 Å². The van der Waals surface area contributed by atoms with Crippen molar-refractivity contribution in [3.05, 3.63) is 0 Å². The fourth-order valence-corrected chi connectivity index (χ4v) is 3.50. The Morgan fingerprint density at radius 2 is 1.82 bits per heavy atom. The Labute approximate surface area is 71.6 Å². The van der Waals surface area contributed by atoms with Crippen LogP contribution in [-0.4, -0.2) is 20.3 Å². The summed E-state index contributed by atoms with van der Waals surface area (Å²) in [6.07, 6.45) is 2.85. The van der Waals surface area contributed by atoms with E-state index in [2.05, 4.69) is 31.9 Å². The fourth-order valence-electron chi connectivity index (χ4n) is 1.74. The predicted molar refractivity (Wildman–Crippen MR) is 53.5 cm³/mol. The molecule has 0 aromatic rings. The van der Waals surface area contributed by atoms with Gasteiger partial charge in [0.1, 0.15) is 0 Å². The largest absolute Gasteiger partial charge is 0.316 e. The van der Waals surface area contributed by atoms with Crippen molar-refractivity contribution in [1.29, 1.82) is 0 Å². The van der Waals surface area contributed by atoms with Crippen molar-refractivity contribution in [2.45, 2.75) is 45.1 Å². The molecule has 1 aliphatic heterocycles. The second-order valence-corrected chi connectivity index (χ2v) is 10.4. The number of hydrogen-bond acceptors (Lipinski definition) is 1. The van der Waals surface area contributed by atoms with Crippen LogP contribution in [0, 0.1) is 5.92 Å². The SMILES string of the molecule is CC1CCC([Si](C)(C)C)NC1. The van der Waals surface area contributed by atoms with Gasteiger partial charge in [-0.3, -0.25) is 0 Å². The van der Waals surface area contributed by atoms with Gasteiger partial charge in [0.05, 0.1) is 8.07 Å². The molecule has 0 saturated carbocycles. The average Bonchev–Trinajstić information content (AvgIpc) is 1.86. The van der Waals surface area contributed by atoms with E-state index in [1.807, 2.05) is 0 Å². The summed E-state index contributed by atoms with van der Waals surface area (Å²) in [5, 5.41) is 3.67. The molecule has 0 amide bonds. The molecule has 0 aromatic carbocycles. The van der Waals surface area contributed by atoms with Gasteiger partial charge in [-0.05, 0) is 31.0 Å². The van der Waals surface area contributed by atoms with E-state index < -0.39 is 8.07 Å². The van der Waals surface area contributed by atoms with E-state index in [-0.39, 0.29) is 0 Å². The van der Waals surface area contributed by atoms with E-state index >= 15 is 0 Å². The molecule has 0 aromatic heterocycles. The maximum atomic E-state index is 3.67. The van der Waals surface area contributed by atoms with Crippen LogP contribution in [-0.2, 0) is 0 Å². The van der Waals surface area contributed by atoms with Gasteiger partial charge in [-0.1, -0.05) is 26.6 Å². The number of rotatable bonds is 1. The molecule has 1 aliphatic rings. The highest BCUT2D eigenvalue weighted by Gasteiger charge is 2.29. The Bertz CT molecular complexity index is 120. The topological polar surface area (TPSA) is 12.0 Å². The standard InChI is InChI=1S/C9H21NSi/c1-8-5-6-9(10-7-8)11(2,3)4/h8-10H,5-7H2,1-4H3. The Kier molecular flexibility index (Phi) is 2.76. The smallest absolute Gasteiger partial charge is 0.0635 e. The average molecular weight is 171 g/mol. The molecule has 1 N–H and O–H groups in total. The molecule has 1 nitrogen and oxygen atoms in total. The van der Waals surface area contributed by atoms with Gasteiger partial charge in [0.15, 0.2) is 0 Å². The van der Waals surface area contributed by atoms with E-state index in [4.69, 9.17) is 0 Å². The summed E-state index contributed by atoms with van der Waals surface area (Å²) in [5.41, 5.74) is 0.874. The Balaban J connectivity index is 2.39. The lowest BCUT2D eigenvalue weighted by Crippen LogP contribution is -2.52. The first-order valence-electron chi connectivity index (χ1n) is 4.73. The first kappa shape index (κ1) is 9.27. The van der Waals surface area contributed by atoms with Gasteiger partial charge >= 0.3 is 0 Å². The monoisotopic (exact) mass is 171 g/mol. The van der Waals surface area contributed by atoms with Crippen LogP contribution >= 0.6 is 0 Å². The summed E-state index contributed by atoms with van der Waals surface area (Å²) < 4.78 is 0. The van der Waals surface area contributed by atoms with Gasteiger partial charge in [-0.15, -0.1) is 0 Å². The van der Waals surface area contributed by atoms with E-state index in [0.29, 0.717) is 0 Å². The number of hydrogen-bond donors (Lipinski definition) is 1. The third-order valence-electron chi connectivity index (χ3n) is 2.71. The minimum Gasteiger partial charge on any atom is -0.316 e. The number of nitrogens with one attached hydrogen (secondary N) is 1. The molecule has 66 valence electrons. The van der Waals surface area contributed by atoms with Crippen LogP contribution in [0.4, 0.5) is 0 Å². The molecule has 2 heteroatoms. The van der Waals surface area contributed by atoms with Gasteiger partial charge < -0.3 is 5.32 Å². The van der Waals surface area contributed by atoms with Gasteiger partial charge in [0.25, 0.3) is 0 Å². The summed E-state index contributed by atoms with van der Waals surface area (Å²) in [7, 11) is -0.897. The molecule has 0 aliphatic carbocycles. The minimum atomic E-state index is -0.897. The molecule has 0 bridgehead atoms. The molecule has 0 spiro atoms. The molecule has 1 saturated heterocycles. The van der Waals surface area contributed by atoms with Gasteiger partial charge in [0.2, 0.25) is 0 Å². The zero-order chi connectivity index (χ0) is 8.48.